The third-order valence-corrected chi connectivity index (χ3v) is 3.60. The van der Waals surface area contributed by atoms with Crippen molar-refractivity contribution >= 4 is 5.57 Å². The molecule has 0 bridgehead atoms. The Bertz CT molecular complexity index is 689. The van der Waals surface area contributed by atoms with E-state index in [1.807, 2.05) is 25.1 Å². The Morgan fingerprint density at radius 2 is 1.90 bits per heavy atom. The normalized spacial score (nSPS) is 14.8. The van der Waals surface area contributed by atoms with Gasteiger partial charge in [0.2, 0.25) is 5.88 Å². The number of ether oxygens (including phenoxy) is 1. The summed E-state index contributed by atoms with van der Waals surface area (Å²) < 4.78 is 5.95. The molecule has 2 aromatic rings. The van der Waals surface area contributed by atoms with E-state index in [0.29, 0.717) is 5.88 Å². The number of benzene rings is 1. The first-order valence-electron chi connectivity index (χ1n) is 7.25. The van der Waals surface area contributed by atoms with Crippen molar-refractivity contribution in [1.82, 2.24) is 9.88 Å². The van der Waals surface area contributed by atoms with Gasteiger partial charge in [0.1, 0.15) is 5.75 Å². The second kappa shape index (κ2) is 5.70. The number of pyridine rings is 1. The first-order valence-corrected chi connectivity index (χ1v) is 7.25. The van der Waals surface area contributed by atoms with Gasteiger partial charge in [0.05, 0.1) is 0 Å². The minimum absolute atomic E-state index is 0.713. The van der Waals surface area contributed by atoms with Gasteiger partial charge in [-0.3, -0.25) is 0 Å². The average molecular weight is 280 g/mol. The lowest BCUT2D eigenvalue weighted by Crippen LogP contribution is -2.12. The van der Waals surface area contributed by atoms with Crippen molar-refractivity contribution in [2.45, 2.75) is 13.3 Å². The molecule has 1 aromatic heterocycles. The van der Waals surface area contributed by atoms with Crippen molar-refractivity contribution in [1.29, 1.82) is 0 Å². The molecule has 1 aliphatic heterocycles. The van der Waals surface area contributed by atoms with Crippen molar-refractivity contribution in [3.05, 3.63) is 59.3 Å². The molecule has 108 valence electrons. The summed E-state index contributed by atoms with van der Waals surface area (Å²) in [4.78, 5) is 6.72. The molecule has 0 saturated carbocycles. The molecule has 21 heavy (non-hydrogen) atoms. The Kier molecular flexibility index (Phi) is 3.76. The molecule has 0 amide bonds. The molecule has 0 spiro atoms. The van der Waals surface area contributed by atoms with Crippen LogP contribution in [0, 0.1) is 6.92 Å². The maximum absolute atomic E-state index is 5.95. The fourth-order valence-electron chi connectivity index (χ4n) is 2.53. The fraction of sp³-hybridized carbons (Fsp3) is 0.278. The third kappa shape index (κ3) is 2.83. The maximum atomic E-state index is 5.95. The van der Waals surface area contributed by atoms with Crippen LogP contribution in [0.25, 0.3) is 5.57 Å². The van der Waals surface area contributed by atoms with E-state index < -0.39 is 0 Å². The standard InChI is InChI=1S/C18H20N2O/c1-13-10-11-16-14(8-6-12-20(2)3)15-7-4-5-9-17(15)21-18(16)19-13/h4-5,7-11H,6,12H2,1-3H3/b14-8-. The quantitative estimate of drug-likeness (QED) is 0.728. The van der Waals surface area contributed by atoms with Gasteiger partial charge in [-0.1, -0.05) is 24.3 Å². The largest absolute Gasteiger partial charge is 0.438 e. The summed E-state index contributed by atoms with van der Waals surface area (Å²) in [6.07, 6.45) is 3.29. The molecule has 2 heterocycles. The average Bonchev–Trinajstić information content (AvgIpc) is 2.46. The molecule has 0 radical (unpaired) electrons. The summed E-state index contributed by atoms with van der Waals surface area (Å²) in [5.41, 5.74) is 4.43. The lowest BCUT2D eigenvalue weighted by atomic mass is 9.94. The topological polar surface area (TPSA) is 25.4 Å². The number of aromatic nitrogens is 1. The Hall–Kier alpha value is -2.13. The molecule has 1 aliphatic rings. The number of hydrogen-bond acceptors (Lipinski definition) is 3. The number of fused-ring (bicyclic) bond motifs is 2. The van der Waals surface area contributed by atoms with Crippen LogP contribution in [-0.4, -0.2) is 30.5 Å². The van der Waals surface area contributed by atoms with Crippen LogP contribution < -0.4 is 4.74 Å². The van der Waals surface area contributed by atoms with Gasteiger partial charge in [-0.25, -0.2) is 4.98 Å². The third-order valence-electron chi connectivity index (χ3n) is 3.60. The number of para-hydroxylation sites is 1. The highest BCUT2D eigenvalue weighted by atomic mass is 16.5. The van der Waals surface area contributed by atoms with E-state index >= 15 is 0 Å². The zero-order valence-corrected chi connectivity index (χ0v) is 12.8. The second-order valence-electron chi connectivity index (χ2n) is 5.61. The Labute approximate surface area is 125 Å². The minimum Gasteiger partial charge on any atom is -0.438 e. The molecular weight excluding hydrogens is 260 g/mol. The molecule has 0 fully saturated rings. The first-order chi connectivity index (χ1) is 10.1. The molecule has 0 saturated heterocycles. The number of nitrogens with zero attached hydrogens (tertiary/aromatic N) is 2. The van der Waals surface area contributed by atoms with E-state index in [9.17, 15) is 0 Å². The van der Waals surface area contributed by atoms with E-state index in [1.54, 1.807) is 0 Å². The van der Waals surface area contributed by atoms with E-state index in [2.05, 4.69) is 48.3 Å². The molecule has 3 rings (SSSR count). The van der Waals surface area contributed by atoms with Gasteiger partial charge >= 0.3 is 0 Å². The predicted molar refractivity (Wildman–Crippen MR) is 85.7 cm³/mol. The number of aryl methyl sites for hydroxylation is 1. The van der Waals surface area contributed by atoms with Gasteiger partial charge in [-0.15, -0.1) is 0 Å². The van der Waals surface area contributed by atoms with Crippen molar-refractivity contribution in [2.24, 2.45) is 0 Å². The Morgan fingerprint density at radius 3 is 2.71 bits per heavy atom. The Morgan fingerprint density at radius 1 is 1.10 bits per heavy atom. The number of hydrogen-bond donors (Lipinski definition) is 0. The SMILES string of the molecule is Cc1ccc2c(n1)Oc1ccccc1/C2=C/CCN(C)C. The highest BCUT2D eigenvalue weighted by Crippen LogP contribution is 2.42. The molecule has 0 aliphatic carbocycles. The lowest BCUT2D eigenvalue weighted by Gasteiger charge is -2.22. The number of rotatable bonds is 3. The van der Waals surface area contributed by atoms with Gasteiger partial charge in [0.15, 0.2) is 0 Å². The zero-order valence-electron chi connectivity index (χ0n) is 12.8. The highest BCUT2D eigenvalue weighted by molar-refractivity contribution is 5.87. The fourth-order valence-corrected chi connectivity index (χ4v) is 2.53. The van der Waals surface area contributed by atoms with Crippen LogP contribution >= 0.6 is 0 Å². The second-order valence-corrected chi connectivity index (χ2v) is 5.61. The van der Waals surface area contributed by atoms with Crippen LogP contribution in [0.5, 0.6) is 11.6 Å². The summed E-state index contributed by atoms with van der Waals surface area (Å²) >= 11 is 0. The summed E-state index contributed by atoms with van der Waals surface area (Å²) in [6, 6.07) is 12.3. The molecule has 3 heteroatoms. The van der Waals surface area contributed by atoms with Gasteiger partial charge in [0, 0.05) is 23.4 Å². The van der Waals surface area contributed by atoms with Gasteiger partial charge < -0.3 is 9.64 Å². The summed E-state index contributed by atoms with van der Waals surface area (Å²) in [5, 5.41) is 0. The van der Waals surface area contributed by atoms with Crippen LogP contribution in [-0.2, 0) is 0 Å². The Balaban J connectivity index is 2.05. The maximum Gasteiger partial charge on any atom is 0.227 e. The summed E-state index contributed by atoms with van der Waals surface area (Å²) in [7, 11) is 4.19. The van der Waals surface area contributed by atoms with Gasteiger partial charge in [0.25, 0.3) is 0 Å². The van der Waals surface area contributed by atoms with Crippen molar-refractivity contribution < 1.29 is 4.74 Å². The van der Waals surface area contributed by atoms with Crippen molar-refractivity contribution in [3.63, 3.8) is 0 Å². The van der Waals surface area contributed by atoms with Crippen molar-refractivity contribution in [2.75, 3.05) is 20.6 Å². The molecule has 0 atom stereocenters. The molecule has 0 N–H and O–H groups in total. The predicted octanol–water partition coefficient (Wildman–Crippen LogP) is 3.88. The van der Waals surface area contributed by atoms with Gasteiger partial charge in [-0.2, -0.15) is 0 Å². The molecule has 0 unspecified atom stereocenters. The lowest BCUT2D eigenvalue weighted by molar-refractivity contribution is 0.417. The first kappa shape index (κ1) is 13.8. The summed E-state index contributed by atoms with van der Waals surface area (Å²) in [5.74, 6) is 1.60. The van der Waals surface area contributed by atoms with Crippen LogP contribution in [0.3, 0.4) is 0 Å². The molecular formula is C18H20N2O. The van der Waals surface area contributed by atoms with Crippen LogP contribution in [0.1, 0.15) is 23.2 Å². The summed E-state index contributed by atoms with van der Waals surface area (Å²) in [6.45, 7) is 3.01. The monoisotopic (exact) mass is 280 g/mol. The zero-order chi connectivity index (χ0) is 14.8. The smallest absolute Gasteiger partial charge is 0.227 e. The highest BCUT2D eigenvalue weighted by Gasteiger charge is 2.22. The van der Waals surface area contributed by atoms with E-state index in [0.717, 1.165) is 35.5 Å². The van der Waals surface area contributed by atoms with E-state index in [1.165, 1.54) is 5.57 Å². The molecule has 1 aromatic carbocycles. The minimum atomic E-state index is 0.713. The molecule has 3 nitrogen and oxygen atoms in total. The van der Waals surface area contributed by atoms with Crippen molar-refractivity contribution in [3.8, 4) is 11.6 Å². The van der Waals surface area contributed by atoms with Crippen LogP contribution in [0.4, 0.5) is 0 Å². The van der Waals surface area contributed by atoms with E-state index in [-0.39, 0.29) is 0 Å². The van der Waals surface area contributed by atoms with Crippen LogP contribution in [0.2, 0.25) is 0 Å². The van der Waals surface area contributed by atoms with E-state index in [4.69, 9.17) is 4.74 Å². The van der Waals surface area contributed by atoms with Gasteiger partial charge in [-0.05, 0) is 51.2 Å². The van der Waals surface area contributed by atoms with Crippen LogP contribution in [0.15, 0.2) is 42.5 Å².